The van der Waals surface area contributed by atoms with Crippen LogP contribution in [0.15, 0.2) is 48.5 Å². The number of phenolic OH excluding ortho intramolecular Hbond substituents is 1. The van der Waals surface area contributed by atoms with Crippen LogP contribution >= 0.6 is 0 Å². The lowest BCUT2D eigenvalue weighted by Crippen LogP contribution is -2.51. The van der Waals surface area contributed by atoms with Crippen molar-refractivity contribution in [1.82, 2.24) is 0 Å². The lowest BCUT2D eigenvalue weighted by Gasteiger charge is -2.53. The molecule has 4 rings (SSSR count). The highest BCUT2D eigenvalue weighted by Crippen LogP contribution is 2.55. The fraction of sp³-hybridized carbons (Fsp3) is 0.500. The maximum absolute atomic E-state index is 12.8. The van der Waals surface area contributed by atoms with E-state index in [1.807, 2.05) is 30.3 Å². The highest BCUT2D eigenvalue weighted by molar-refractivity contribution is 5.44. The molecule has 0 radical (unpaired) electrons. The molecule has 156 valence electrons. The Balaban J connectivity index is 1.68. The van der Waals surface area contributed by atoms with Crippen LogP contribution in [0.5, 0.6) is 5.75 Å². The van der Waals surface area contributed by atoms with E-state index < -0.39 is 18.2 Å². The van der Waals surface area contributed by atoms with Crippen molar-refractivity contribution in [3.05, 3.63) is 65.2 Å². The molecular formula is C24H27F3O2. The second-order valence-electron chi connectivity index (χ2n) is 8.94. The second-order valence-corrected chi connectivity index (χ2v) is 8.94. The fourth-order valence-corrected chi connectivity index (χ4v) is 5.64. The molecule has 2 aliphatic rings. The Labute approximate surface area is 169 Å². The number of aliphatic hydroxyl groups is 1. The van der Waals surface area contributed by atoms with Gasteiger partial charge < -0.3 is 10.2 Å². The van der Waals surface area contributed by atoms with E-state index in [0.29, 0.717) is 19.3 Å². The molecule has 1 saturated carbocycles. The lowest BCUT2D eigenvalue weighted by atomic mass is 9.52. The van der Waals surface area contributed by atoms with Gasteiger partial charge in [0.05, 0.1) is 5.60 Å². The van der Waals surface area contributed by atoms with E-state index in [-0.39, 0.29) is 23.5 Å². The van der Waals surface area contributed by atoms with E-state index in [1.165, 1.54) is 11.1 Å². The van der Waals surface area contributed by atoms with Crippen LogP contribution in [0.3, 0.4) is 0 Å². The van der Waals surface area contributed by atoms with Gasteiger partial charge in [0.1, 0.15) is 5.75 Å². The number of rotatable bonds is 4. The number of aromatic hydroxyl groups is 1. The molecule has 3 atom stereocenters. The summed E-state index contributed by atoms with van der Waals surface area (Å²) in [5.41, 5.74) is 2.03. The first kappa shape index (κ1) is 20.3. The predicted octanol–water partition coefficient (Wildman–Crippen LogP) is 5.69. The molecule has 0 amide bonds. The molecule has 2 nitrogen and oxygen atoms in total. The van der Waals surface area contributed by atoms with Crippen molar-refractivity contribution in [3.63, 3.8) is 0 Å². The van der Waals surface area contributed by atoms with Crippen LogP contribution in [0.2, 0.25) is 0 Å². The summed E-state index contributed by atoms with van der Waals surface area (Å²) in [4.78, 5) is 0. The van der Waals surface area contributed by atoms with Crippen molar-refractivity contribution in [3.8, 4) is 5.75 Å². The topological polar surface area (TPSA) is 40.5 Å². The maximum Gasteiger partial charge on any atom is 0.389 e. The van der Waals surface area contributed by atoms with Gasteiger partial charge in [-0.3, -0.25) is 0 Å². The standard InChI is InChI=1S/C24H27F3O2/c25-24(26,27)13-11-22(29)10-12-23(15-17-4-2-1-3-5-17)19(16-22)7-6-18-14-20(28)8-9-21(18)23/h1-5,8-9,14,19,28-29H,6-7,10-13,15-16H2/t19-,22+,23+/m1/s1. The van der Waals surface area contributed by atoms with Gasteiger partial charge in [-0.05, 0) is 79.7 Å². The Hall–Kier alpha value is -2.01. The van der Waals surface area contributed by atoms with E-state index in [1.54, 1.807) is 6.07 Å². The largest absolute Gasteiger partial charge is 0.508 e. The zero-order chi connectivity index (χ0) is 20.7. The number of benzene rings is 2. The number of halogens is 3. The van der Waals surface area contributed by atoms with E-state index in [0.717, 1.165) is 24.8 Å². The highest BCUT2D eigenvalue weighted by atomic mass is 19.4. The summed E-state index contributed by atoms with van der Waals surface area (Å²) < 4.78 is 38.3. The first-order valence-corrected chi connectivity index (χ1v) is 10.3. The predicted molar refractivity (Wildman–Crippen MR) is 106 cm³/mol. The van der Waals surface area contributed by atoms with Gasteiger partial charge in [-0.15, -0.1) is 0 Å². The van der Waals surface area contributed by atoms with Crippen LogP contribution in [0.4, 0.5) is 13.2 Å². The number of phenols is 1. The van der Waals surface area contributed by atoms with Gasteiger partial charge in [-0.2, -0.15) is 13.2 Å². The van der Waals surface area contributed by atoms with Crippen molar-refractivity contribution in [2.45, 2.75) is 68.6 Å². The van der Waals surface area contributed by atoms with Crippen LogP contribution in [0, 0.1) is 5.92 Å². The first-order chi connectivity index (χ1) is 13.7. The number of hydrogen-bond acceptors (Lipinski definition) is 2. The normalized spacial score (nSPS) is 29.2. The van der Waals surface area contributed by atoms with Crippen LogP contribution in [-0.2, 0) is 18.3 Å². The summed E-state index contributed by atoms with van der Waals surface area (Å²) in [7, 11) is 0. The number of alkyl halides is 3. The molecule has 0 heterocycles. The van der Waals surface area contributed by atoms with Gasteiger partial charge in [0.15, 0.2) is 0 Å². The van der Waals surface area contributed by atoms with Crippen molar-refractivity contribution in [1.29, 1.82) is 0 Å². The minimum atomic E-state index is -4.25. The Morgan fingerprint density at radius 3 is 2.52 bits per heavy atom. The molecular weight excluding hydrogens is 377 g/mol. The van der Waals surface area contributed by atoms with E-state index in [9.17, 15) is 23.4 Å². The molecule has 0 unspecified atom stereocenters. The molecule has 0 aliphatic heterocycles. The summed E-state index contributed by atoms with van der Waals surface area (Å²) in [6, 6.07) is 15.7. The van der Waals surface area contributed by atoms with E-state index in [2.05, 4.69) is 12.1 Å². The van der Waals surface area contributed by atoms with Gasteiger partial charge in [-0.1, -0.05) is 36.4 Å². The molecule has 0 aromatic heterocycles. The highest BCUT2D eigenvalue weighted by Gasteiger charge is 2.52. The summed E-state index contributed by atoms with van der Waals surface area (Å²) in [6.07, 6.45) is -1.60. The molecule has 2 N–H and O–H groups in total. The Bertz CT molecular complexity index is 864. The smallest absolute Gasteiger partial charge is 0.389 e. The number of aryl methyl sites for hydroxylation is 1. The van der Waals surface area contributed by atoms with Gasteiger partial charge >= 0.3 is 6.18 Å². The zero-order valence-electron chi connectivity index (χ0n) is 16.4. The van der Waals surface area contributed by atoms with Crippen LogP contribution in [-0.4, -0.2) is 22.0 Å². The molecule has 2 aromatic carbocycles. The van der Waals surface area contributed by atoms with Crippen molar-refractivity contribution < 1.29 is 23.4 Å². The third kappa shape index (κ3) is 4.16. The fourth-order valence-electron chi connectivity index (χ4n) is 5.64. The van der Waals surface area contributed by atoms with Gasteiger partial charge in [0.25, 0.3) is 0 Å². The first-order valence-electron chi connectivity index (χ1n) is 10.3. The summed E-state index contributed by atoms with van der Waals surface area (Å²) in [6.45, 7) is 0. The summed E-state index contributed by atoms with van der Waals surface area (Å²) in [5, 5.41) is 20.9. The van der Waals surface area contributed by atoms with Crippen LogP contribution in [0.25, 0.3) is 0 Å². The van der Waals surface area contributed by atoms with Gasteiger partial charge in [0, 0.05) is 11.8 Å². The average molecular weight is 404 g/mol. The minimum Gasteiger partial charge on any atom is -0.508 e. The van der Waals surface area contributed by atoms with E-state index in [4.69, 9.17) is 0 Å². The molecule has 0 bridgehead atoms. The van der Waals surface area contributed by atoms with Crippen molar-refractivity contribution >= 4 is 0 Å². The van der Waals surface area contributed by atoms with Crippen molar-refractivity contribution in [2.75, 3.05) is 0 Å². The summed E-state index contributed by atoms with van der Waals surface area (Å²) in [5.74, 6) is 0.362. The van der Waals surface area contributed by atoms with Gasteiger partial charge in [-0.25, -0.2) is 0 Å². The molecule has 29 heavy (non-hydrogen) atoms. The Morgan fingerprint density at radius 2 is 1.79 bits per heavy atom. The average Bonchev–Trinajstić information content (AvgIpc) is 2.67. The monoisotopic (exact) mass is 404 g/mol. The SMILES string of the molecule is Oc1ccc2c(c1)CC[C@@H]1C[C@@](O)(CCC(F)(F)F)CC[C@@]21Cc1ccccc1. The second kappa shape index (κ2) is 7.35. The van der Waals surface area contributed by atoms with Crippen LogP contribution < -0.4 is 0 Å². The third-order valence-corrected chi connectivity index (χ3v) is 7.07. The Kier molecular flexibility index (Phi) is 5.14. The quantitative estimate of drug-likeness (QED) is 0.687. The molecule has 0 spiro atoms. The molecule has 1 fully saturated rings. The third-order valence-electron chi connectivity index (χ3n) is 7.07. The number of hydrogen-bond donors (Lipinski definition) is 2. The molecule has 0 saturated heterocycles. The zero-order valence-corrected chi connectivity index (χ0v) is 16.4. The summed E-state index contributed by atoms with van der Waals surface area (Å²) >= 11 is 0. The number of fused-ring (bicyclic) bond motifs is 3. The minimum absolute atomic E-state index is 0.117. The van der Waals surface area contributed by atoms with Crippen LogP contribution in [0.1, 0.15) is 55.2 Å². The van der Waals surface area contributed by atoms with E-state index >= 15 is 0 Å². The molecule has 2 aliphatic carbocycles. The maximum atomic E-state index is 12.8. The van der Waals surface area contributed by atoms with Crippen molar-refractivity contribution in [2.24, 2.45) is 5.92 Å². The Morgan fingerprint density at radius 1 is 1.03 bits per heavy atom. The lowest BCUT2D eigenvalue weighted by molar-refractivity contribution is -0.153. The van der Waals surface area contributed by atoms with Gasteiger partial charge in [0.2, 0.25) is 0 Å². The molecule has 2 aromatic rings. The molecule has 5 heteroatoms.